The van der Waals surface area contributed by atoms with Gasteiger partial charge in [-0.05, 0) is 75.1 Å². The number of alkyl halides is 2. The molecule has 3 N–H and O–H groups in total. The lowest BCUT2D eigenvalue weighted by Crippen LogP contribution is -2.72. The maximum absolute atomic E-state index is 17.7. The summed E-state index contributed by atoms with van der Waals surface area (Å²) in [7, 11) is 0. The Hall–Kier alpha value is -1.43. The lowest BCUT2D eigenvalue weighted by molar-refractivity contribution is -0.278. The zero-order valence-corrected chi connectivity index (χ0v) is 22.5. The Labute approximate surface area is 222 Å². The first kappa shape index (κ1) is 26.8. The van der Waals surface area contributed by atoms with Crippen molar-refractivity contribution in [2.75, 3.05) is 33.3 Å². The third-order valence-corrected chi connectivity index (χ3v) is 10.9. The van der Waals surface area contributed by atoms with E-state index in [1.54, 1.807) is 25.2 Å². The van der Waals surface area contributed by atoms with Gasteiger partial charge in [0.15, 0.2) is 19.3 Å². The predicted octanol–water partition coefficient (Wildman–Crippen LogP) is 3.54. The molecule has 0 aromatic rings. The molecular formula is C28H40F2N2O6. The van der Waals surface area contributed by atoms with Crippen LogP contribution in [-0.4, -0.2) is 73.5 Å². The Bertz CT molecular complexity index is 1040. The molecule has 6 rings (SSSR count). The molecule has 38 heavy (non-hydrogen) atoms. The molecule has 2 aliphatic heterocycles. The molecule has 0 radical (unpaired) electrons. The molecular weight excluding hydrogens is 498 g/mol. The van der Waals surface area contributed by atoms with E-state index in [-0.39, 0.29) is 44.9 Å². The fourth-order valence-corrected chi connectivity index (χ4v) is 9.23. The molecule has 0 amide bonds. The number of fused-ring (bicyclic) bond motifs is 7. The van der Waals surface area contributed by atoms with Gasteiger partial charge in [-0.2, -0.15) is 0 Å². The average Bonchev–Trinajstić information content (AvgIpc) is 3.57. The molecule has 10 heteroatoms. The fraction of sp³-hybridized carbons (Fsp3) is 0.821. The highest BCUT2D eigenvalue weighted by molar-refractivity contribution is 6.05. The number of allylic oxidation sites excluding steroid dienone is 4. The average molecular weight is 539 g/mol. The van der Waals surface area contributed by atoms with Crippen LogP contribution < -0.4 is 5.73 Å². The van der Waals surface area contributed by atoms with Crippen LogP contribution in [0.2, 0.25) is 0 Å². The number of aliphatic hydroxyl groups is 1. The Balaban J connectivity index is 1.35. The number of ether oxygens (including phenoxy) is 4. The van der Waals surface area contributed by atoms with Crippen LogP contribution in [0.4, 0.5) is 8.78 Å². The van der Waals surface area contributed by atoms with E-state index in [1.165, 1.54) is 0 Å². The summed E-state index contributed by atoms with van der Waals surface area (Å²) >= 11 is 0. The summed E-state index contributed by atoms with van der Waals surface area (Å²) in [5, 5.41) is 15.9. The minimum atomic E-state index is -2.07. The van der Waals surface area contributed by atoms with Crippen molar-refractivity contribution >= 4 is 5.71 Å². The van der Waals surface area contributed by atoms with Crippen LogP contribution in [0, 0.1) is 28.6 Å². The normalized spacial score (nSPS) is 52.3. The SMILES string of the molecule is C[C@H]1C[C@H]2[C@@H]3C[C@H](F)C4=CC(=NOCCCCN)C=C[C@]4(C)[C@@]3(F)[C@@H](O)C[C@]2(C)[C@]12OCOC21COCO1. The fourth-order valence-electron chi connectivity index (χ4n) is 9.23. The molecule has 6 aliphatic rings. The van der Waals surface area contributed by atoms with Crippen LogP contribution in [0.1, 0.15) is 52.9 Å². The number of aliphatic hydroxyl groups excluding tert-OH is 1. The first-order valence-electron chi connectivity index (χ1n) is 13.9. The molecule has 0 aromatic heterocycles. The first-order valence-corrected chi connectivity index (χ1v) is 13.9. The number of halogens is 2. The standard InChI is InChI=1S/C28H40F2N2O6/c1-17-10-19-20-12-22(29)21-11-18(32-38-9-5-4-8-31)6-7-24(21,2)27(20,30)23(33)13-25(19,3)28(17)26(36-16-37-28)14-34-15-35-26/h6-7,11,17,19-20,22-23,33H,4-5,8-10,12-16,31H2,1-3H3/t17-,19-,20-,22-,23-,24-,25-,26?,27-,28+/m0/s1. The molecule has 2 saturated heterocycles. The van der Waals surface area contributed by atoms with Crippen molar-refractivity contribution in [3.63, 3.8) is 0 Å². The van der Waals surface area contributed by atoms with E-state index in [0.29, 0.717) is 30.9 Å². The number of unbranched alkanes of at least 4 members (excludes halogenated alkanes) is 1. The maximum atomic E-state index is 17.7. The summed E-state index contributed by atoms with van der Waals surface area (Å²) in [6, 6.07) is 0. The quantitative estimate of drug-likeness (QED) is 0.408. The third kappa shape index (κ3) is 3.19. The molecule has 2 spiro atoms. The second kappa shape index (κ2) is 9.04. The Morgan fingerprint density at radius 3 is 2.68 bits per heavy atom. The van der Waals surface area contributed by atoms with Gasteiger partial charge in [-0.25, -0.2) is 8.78 Å². The van der Waals surface area contributed by atoms with Gasteiger partial charge in [0.2, 0.25) is 5.79 Å². The zero-order valence-electron chi connectivity index (χ0n) is 22.5. The van der Waals surface area contributed by atoms with Crippen molar-refractivity contribution in [1.29, 1.82) is 0 Å². The Kier molecular flexibility index (Phi) is 6.37. The van der Waals surface area contributed by atoms with Crippen LogP contribution >= 0.6 is 0 Å². The van der Waals surface area contributed by atoms with Gasteiger partial charge < -0.3 is 34.6 Å². The molecule has 0 aromatic carbocycles. The van der Waals surface area contributed by atoms with Crippen molar-refractivity contribution in [2.24, 2.45) is 39.5 Å². The van der Waals surface area contributed by atoms with Crippen LogP contribution in [0.5, 0.6) is 0 Å². The number of nitrogens with two attached hydrogens (primary N) is 1. The lowest BCUT2D eigenvalue weighted by atomic mass is 9.44. The maximum Gasteiger partial charge on any atom is 0.227 e. The number of oxime groups is 1. The highest BCUT2D eigenvalue weighted by Crippen LogP contribution is 2.74. The van der Waals surface area contributed by atoms with Crippen molar-refractivity contribution in [3.8, 4) is 0 Å². The second-order valence-corrected chi connectivity index (χ2v) is 12.4. The predicted molar refractivity (Wildman–Crippen MR) is 134 cm³/mol. The molecule has 0 bridgehead atoms. The zero-order chi connectivity index (χ0) is 27.0. The summed E-state index contributed by atoms with van der Waals surface area (Å²) in [6.07, 6.45) is 4.53. The summed E-state index contributed by atoms with van der Waals surface area (Å²) in [6.45, 7) is 7.11. The third-order valence-electron chi connectivity index (χ3n) is 10.9. The summed E-state index contributed by atoms with van der Waals surface area (Å²) in [4.78, 5) is 5.38. The topological polar surface area (TPSA) is 105 Å². The van der Waals surface area contributed by atoms with Crippen LogP contribution in [0.25, 0.3) is 0 Å². The van der Waals surface area contributed by atoms with Gasteiger partial charge >= 0.3 is 0 Å². The van der Waals surface area contributed by atoms with E-state index in [1.807, 2.05) is 6.92 Å². The van der Waals surface area contributed by atoms with Gasteiger partial charge in [-0.1, -0.05) is 25.1 Å². The van der Waals surface area contributed by atoms with E-state index < -0.39 is 46.1 Å². The van der Waals surface area contributed by atoms with Gasteiger partial charge in [-0.3, -0.25) is 0 Å². The number of hydrogen-bond acceptors (Lipinski definition) is 8. The molecule has 4 aliphatic carbocycles. The van der Waals surface area contributed by atoms with Crippen molar-refractivity contribution < 1.29 is 37.7 Å². The van der Waals surface area contributed by atoms with Gasteiger partial charge in [0.25, 0.3) is 0 Å². The van der Waals surface area contributed by atoms with Gasteiger partial charge in [0, 0.05) is 16.7 Å². The highest BCUT2D eigenvalue weighted by Gasteiger charge is 2.82. The van der Waals surface area contributed by atoms with E-state index in [2.05, 4.69) is 12.1 Å². The number of hydrogen-bond donors (Lipinski definition) is 2. The molecule has 5 fully saturated rings. The molecule has 8 nitrogen and oxygen atoms in total. The summed E-state index contributed by atoms with van der Waals surface area (Å²) in [5.74, 6) is -2.17. The van der Waals surface area contributed by atoms with E-state index in [9.17, 15) is 5.11 Å². The van der Waals surface area contributed by atoms with Gasteiger partial charge in [-0.15, -0.1) is 0 Å². The molecule has 1 unspecified atom stereocenters. The van der Waals surface area contributed by atoms with Crippen LogP contribution in [0.15, 0.2) is 29.0 Å². The van der Waals surface area contributed by atoms with Crippen LogP contribution in [0.3, 0.4) is 0 Å². The van der Waals surface area contributed by atoms with Crippen LogP contribution in [-0.2, 0) is 23.8 Å². The first-order chi connectivity index (χ1) is 18.1. The molecule has 10 atom stereocenters. The van der Waals surface area contributed by atoms with E-state index in [0.717, 1.165) is 12.8 Å². The smallest absolute Gasteiger partial charge is 0.227 e. The highest BCUT2D eigenvalue weighted by atomic mass is 19.1. The van der Waals surface area contributed by atoms with E-state index in [4.69, 9.17) is 29.5 Å². The molecule has 3 saturated carbocycles. The number of nitrogens with zero attached hydrogens (tertiary/aromatic N) is 1. The number of rotatable bonds is 5. The minimum Gasteiger partial charge on any atom is -0.395 e. The monoisotopic (exact) mass is 538 g/mol. The molecule has 212 valence electrons. The Morgan fingerprint density at radius 1 is 1.16 bits per heavy atom. The second-order valence-electron chi connectivity index (χ2n) is 12.4. The largest absolute Gasteiger partial charge is 0.395 e. The van der Waals surface area contributed by atoms with Crippen molar-refractivity contribution in [2.45, 2.75) is 82.2 Å². The minimum absolute atomic E-state index is 0.0261. The van der Waals surface area contributed by atoms with Gasteiger partial charge in [0.1, 0.15) is 30.7 Å². The Morgan fingerprint density at radius 2 is 1.95 bits per heavy atom. The lowest BCUT2D eigenvalue weighted by Gasteiger charge is -2.64. The summed E-state index contributed by atoms with van der Waals surface area (Å²) < 4.78 is 57.8. The van der Waals surface area contributed by atoms with Crippen molar-refractivity contribution in [1.82, 2.24) is 0 Å². The van der Waals surface area contributed by atoms with Gasteiger partial charge in [0.05, 0.1) is 6.10 Å². The van der Waals surface area contributed by atoms with Crippen molar-refractivity contribution in [3.05, 3.63) is 23.8 Å². The van der Waals surface area contributed by atoms with E-state index >= 15 is 8.78 Å². The molecule has 2 heterocycles. The summed E-state index contributed by atoms with van der Waals surface area (Å²) in [5.41, 5.74) is 1.21.